The third-order valence-corrected chi connectivity index (χ3v) is 2.48. The van der Waals surface area contributed by atoms with Crippen molar-refractivity contribution < 1.29 is 4.79 Å². The number of fused-ring (bicyclic) bond motifs is 1. The lowest BCUT2D eigenvalue weighted by Gasteiger charge is -2.20. The number of hydrogen-bond donors (Lipinski definition) is 0. The van der Waals surface area contributed by atoms with Crippen LogP contribution in [0.1, 0.15) is 29.7 Å². The van der Waals surface area contributed by atoms with E-state index in [0.29, 0.717) is 5.82 Å². The van der Waals surface area contributed by atoms with Gasteiger partial charge in [-0.3, -0.25) is 4.79 Å². The SMILES string of the molecule is CC1CCn2c(cnc2C=O)C1. The molecule has 0 saturated carbocycles. The summed E-state index contributed by atoms with van der Waals surface area (Å²) in [6.07, 6.45) is 4.86. The van der Waals surface area contributed by atoms with E-state index in [2.05, 4.69) is 11.9 Å². The lowest BCUT2D eigenvalue weighted by atomic mass is 9.99. The Hall–Kier alpha value is -1.12. The van der Waals surface area contributed by atoms with Crippen LogP contribution in [0.5, 0.6) is 0 Å². The van der Waals surface area contributed by atoms with Crippen molar-refractivity contribution >= 4 is 6.29 Å². The maximum absolute atomic E-state index is 10.5. The second-order valence-electron chi connectivity index (χ2n) is 3.48. The van der Waals surface area contributed by atoms with E-state index in [9.17, 15) is 4.79 Å². The monoisotopic (exact) mass is 164 g/mol. The number of aldehydes is 1. The van der Waals surface area contributed by atoms with Crippen molar-refractivity contribution in [3.63, 3.8) is 0 Å². The minimum absolute atomic E-state index is 0.580. The van der Waals surface area contributed by atoms with Gasteiger partial charge in [0, 0.05) is 18.4 Å². The first-order valence-corrected chi connectivity index (χ1v) is 4.31. The summed E-state index contributed by atoms with van der Waals surface area (Å²) < 4.78 is 2.02. The lowest BCUT2D eigenvalue weighted by molar-refractivity contribution is 0.110. The smallest absolute Gasteiger partial charge is 0.185 e. The molecule has 0 aromatic carbocycles. The predicted octanol–water partition coefficient (Wildman–Crippen LogP) is 1.28. The second-order valence-corrected chi connectivity index (χ2v) is 3.48. The molecule has 0 fully saturated rings. The van der Waals surface area contributed by atoms with Gasteiger partial charge in [0.2, 0.25) is 0 Å². The number of imidazole rings is 1. The first-order valence-electron chi connectivity index (χ1n) is 4.31. The average Bonchev–Trinajstić information content (AvgIpc) is 2.46. The molecule has 0 radical (unpaired) electrons. The van der Waals surface area contributed by atoms with Crippen molar-refractivity contribution in [2.24, 2.45) is 5.92 Å². The van der Waals surface area contributed by atoms with Gasteiger partial charge in [0.1, 0.15) is 0 Å². The number of rotatable bonds is 1. The van der Waals surface area contributed by atoms with Gasteiger partial charge in [-0.1, -0.05) is 6.92 Å². The summed E-state index contributed by atoms with van der Waals surface area (Å²) in [5.74, 6) is 1.31. The van der Waals surface area contributed by atoms with Crippen LogP contribution < -0.4 is 0 Å². The Morgan fingerprint density at radius 1 is 1.75 bits per heavy atom. The third kappa shape index (κ3) is 1.05. The van der Waals surface area contributed by atoms with Crippen LogP contribution in [0, 0.1) is 5.92 Å². The Morgan fingerprint density at radius 2 is 2.58 bits per heavy atom. The molecule has 12 heavy (non-hydrogen) atoms. The highest BCUT2D eigenvalue weighted by atomic mass is 16.1. The van der Waals surface area contributed by atoms with Crippen molar-refractivity contribution in [2.75, 3.05) is 0 Å². The van der Waals surface area contributed by atoms with E-state index >= 15 is 0 Å². The third-order valence-electron chi connectivity index (χ3n) is 2.48. The fourth-order valence-corrected chi connectivity index (χ4v) is 1.75. The molecular weight excluding hydrogens is 152 g/mol. The van der Waals surface area contributed by atoms with Crippen LogP contribution in [0.25, 0.3) is 0 Å². The Labute approximate surface area is 71.4 Å². The van der Waals surface area contributed by atoms with Crippen LogP contribution in [0.4, 0.5) is 0 Å². The van der Waals surface area contributed by atoms with Gasteiger partial charge in [-0.25, -0.2) is 4.98 Å². The molecule has 1 aliphatic rings. The minimum atomic E-state index is 0.580. The van der Waals surface area contributed by atoms with Gasteiger partial charge < -0.3 is 4.57 Å². The van der Waals surface area contributed by atoms with Gasteiger partial charge in [0.25, 0.3) is 0 Å². The highest BCUT2D eigenvalue weighted by Crippen LogP contribution is 2.20. The number of aromatic nitrogens is 2. The molecule has 1 aromatic rings. The van der Waals surface area contributed by atoms with Crippen LogP contribution >= 0.6 is 0 Å². The molecule has 1 atom stereocenters. The second kappa shape index (κ2) is 2.73. The van der Waals surface area contributed by atoms with Crippen molar-refractivity contribution in [3.05, 3.63) is 17.7 Å². The fraction of sp³-hybridized carbons (Fsp3) is 0.556. The van der Waals surface area contributed by atoms with Gasteiger partial charge in [-0.15, -0.1) is 0 Å². The Balaban J connectivity index is 2.38. The molecule has 0 bridgehead atoms. The molecular formula is C9H12N2O. The highest BCUT2D eigenvalue weighted by Gasteiger charge is 2.17. The summed E-state index contributed by atoms with van der Waals surface area (Å²) in [5.41, 5.74) is 1.20. The molecule has 3 heteroatoms. The predicted molar refractivity (Wildman–Crippen MR) is 45.1 cm³/mol. The number of hydrogen-bond acceptors (Lipinski definition) is 2. The molecule has 1 aromatic heterocycles. The Kier molecular flexibility index (Phi) is 1.71. The van der Waals surface area contributed by atoms with Crippen molar-refractivity contribution in [2.45, 2.75) is 26.3 Å². The first kappa shape index (κ1) is 7.53. The van der Waals surface area contributed by atoms with Gasteiger partial charge >= 0.3 is 0 Å². The maximum atomic E-state index is 10.5. The molecule has 0 N–H and O–H groups in total. The lowest BCUT2D eigenvalue weighted by Crippen LogP contribution is -2.18. The zero-order valence-corrected chi connectivity index (χ0v) is 7.16. The summed E-state index contributed by atoms with van der Waals surface area (Å²) in [5, 5.41) is 0. The zero-order valence-electron chi connectivity index (χ0n) is 7.16. The summed E-state index contributed by atoms with van der Waals surface area (Å²) in [6.45, 7) is 3.18. The summed E-state index contributed by atoms with van der Waals surface area (Å²) >= 11 is 0. The van der Waals surface area contributed by atoms with Crippen LogP contribution in [0.15, 0.2) is 6.20 Å². The number of carbonyl (C=O) groups is 1. The first-order chi connectivity index (χ1) is 5.81. The normalized spacial score (nSPS) is 21.9. The van der Waals surface area contributed by atoms with E-state index in [1.165, 1.54) is 5.69 Å². The van der Waals surface area contributed by atoms with Crippen molar-refractivity contribution in [3.8, 4) is 0 Å². The van der Waals surface area contributed by atoms with E-state index in [-0.39, 0.29) is 0 Å². The Bertz CT molecular complexity index is 303. The Morgan fingerprint density at radius 3 is 3.33 bits per heavy atom. The van der Waals surface area contributed by atoms with Crippen molar-refractivity contribution in [1.29, 1.82) is 0 Å². The van der Waals surface area contributed by atoms with Crippen LogP contribution in [0.2, 0.25) is 0 Å². The number of carbonyl (C=O) groups excluding carboxylic acids is 1. The van der Waals surface area contributed by atoms with E-state index in [1.807, 2.05) is 10.8 Å². The zero-order chi connectivity index (χ0) is 8.55. The average molecular weight is 164 g/mol. The van der Waals surface area contributed by atoms with E-state index in [1.54, 1.807) is 0 Å². The topological polar surface area (TPSA) is 34.9 Å². The van der Waals surface area contributed by atoms with Crippen LogP contribution in [-0.2, 0) is 13.0 Å². The minimum Gasteiger partial charge on any atom is -0.326 e. The van der Waals surface area contributed by atoms with Crippen molar-refractivity contribution in [1.82, 2.24) is 9.55 Å². The largest absolute Gasteiger partial charge is 0.326 e. The quantitative estimate of drug-likeness (QED) is 0.586. The van der Waals surface area contributed by atoms with Gasteiger partial charge in [-0.05, 0) is 18.8 Å². The molecule has 64 valence electrons. The summed E-state index contributed by atoms with van der Waals surface area (Å²) in [6, 6.07) is 0. The molecule has 2 rings (SSSR count). The van der Waals surface area contributed by atoms with Gasteiger partial charge in [-0.2, -0.15) is 0 Å². The molecule has 0 aliphatic carbocycles. The molecule has 0 saturated heterocycles. The van der Waals surface area contributed by atoms with E-state index in [4.69, 9.17) is 0 Å². The van der Waals surface area contributed by atoms with Gasteiger partial charge in [0.05, 0.1) is 0 Å². The van der Waals surface area contributed by atoms with Crippen LogP contribution in [-0.4, -0.2) is 15.8 Å². The van der Waals surface area contributed by atoms with E-state index < -0.39 is 0 Å². The standard InChI is InChI=1S/C9H12N2O/c1-7-2-3-11-8(4-7)5-10-9(11)6-12/h5-7H,2-4H2,1H3. The summed E-state index contributed by atoms with van der Waals surface area (Å²) in [4.78, 5) is 14.6. The number of nitrogens with zero attached hydrogens (tertiary/aromatic N) is 2. The highest BCUT2D eigenvalue weighted by molar-refractivity contribution is 5.69. The molecule has 0 amide bonds. The maximum Gasteiger partial charge on any atom is 0.185 e. The molecule has 1 aliphatic heterocycles. The molecule has 2 heterocycles. The van der Waals surface area contributed by atoms with E-state index in [0.717, 1.165) is 31.6 Å². The van der Waals surface area contributed by atoms with Gasteiger partial charge in [0.15, 0.2) is 12.1 Å². The summed E-state index contributed by atoms with van der Waals surface area (Å²) in [7, 11) is 0. The molecule has 1 unspecified atom stereocenters. The fourth-order valence-electron chi connectivity index (χ4n) is 1.75. The molecule has 3 nitrogen and oxygen atoms in total. The molecule has 0 spiro atoms. The van der Waals surface area contributed by atoms with Crippen LogP contribution in [0.3, 0.4) is 0 Å².